The van der Waals surface area contributed by atoms with E-state index in [1.165, 1.54) is 7.11 Å². The maximum atomic E-state index is 12.5. The lowest BCUT2D eigenvalue weighted by molar-refractivity contribution is -0.142. The monoisotopic (exact) mass is 353 g/mol. The lowest BCUT2D eigenvalue weighted by Gasteiger charge is -2.11. The van der Waals surface area contributed by atoms with Crippen LogP contribution in [0.25, 0.3) is 6.08 Å². The van der Waals surface area contributed by atoms with Gasteiger partial charge < -0.3 is 19.1 Å². The highest BCUT2D eigenvalue weighted by molar-refractivity contribution is 6.14. The summed E-state index contributed by atoms with van der Waals surface area (Å²) >= 11 is 0. The number of benzene rings is 2. The minimum atomic E-state index is -0.482. The van der Waals surface area contributed by atoms with E-state index >= 15 is 0 Å². The molecular weight excluding hydrogens is 334 g/mol. The van der Waals surface area contributed by atoms with E-state index in [-0.39, 0.29) is 18.1 Å². The van der Waals surface area contributed by atoms with Crippen molar-refractivity contribution < 1.29 is 23.8 Å². The zero-order valence-electron chi connectivity index (χ0n) is 14.8. The van der Waals surface area contributed by atoms with E-state index in [1.54, 1.807) is 24.3 Å². The Bertz CT molecular complexity index is 868. The molecule has 0 unspecified atom stereocenters. The number of rotatable bonds is 5. The van der Waals surface area contributed by atoms with Crippen LogP contribution in [0.4, 0.5) is 5.69 Å². The van der Waals surface area contributed by atoms with Gasteiger partial charge in [0.25, 0.3) is 0 Å². The van der Waals surface area contributed by atoms with Gasteiger partial charge >= 0.3 is 5.97 Å². The molecule has 0 radical (unpaired) electrons. The van der Waals surface area contributed by atoms with Gasteiger partial charge in [-0.05, 0) is 35.9 Å². The Morgan fingerprint density at radius 2 is 1.88 bits per heavy atom. The molecule has 2 aromatic rings. The molecule has 0 amide bonds. The lowest BCUT2D eigenvalue weighted by atomic mass is 10.1. The second-order valence-corrected chi connectivity index (χ2v) is 5.95. The molecule has 1 aliphatic rings. The quantitative estimate of drug-likeness (QED) is 0.608. The number of allylic oxidation sites excluding steroid dienone is 1. The average molecular weight is 353 g/mol. The molecule has 134 valence electrons. The number of ether oxygens (including phenoxy) is 3. The van der Waals surface area contributed by atoms with Gasteiger partial charge in [-0.1, -0.05) is 12.1 Å². The second kappa shape index (κ2) is 7.31. The number of hydrogen-bond donors (Lipinski definition) is 0. The van der Waals surface area contributed by atoms with Crippen LogP contribution in [0.3, 0.4) is 0 Å². The van der Waals surface area contributed by atoms with E-state index < -0.39 is 5.97 Å². The number of carbonyl (C=O) groups is 2. The molecule has 0 spiro atoms. The number of Topliss-reactive ketones (excluding diaryl/α,β-unsaturated/α-hetero) is 1. The first-order valence-electron chi connectivity index (χ1n) is 8.03. The van der Waals surface area contributed by atoms with E-state index in [2.05, 4.69) is 4.74 Å². The second-order valence-electron chi connectivity index (χ2n) is 5.95. The largest absolute Gasteiger partial charge is 0.482 e. The predicted molar refractivity (Wildman–Crippen MR) is 97.7 cm³/mol. The first kappa shape index (κ1) is 17.5. The molecule has 6 heteroatoms. The fraction of sp³-hybridized carbons (Fsp3) is 0.200. The fourth-order valence-corrected chi connectivity index (χ4v) is 2.48. The molecular formula is C20H19NO5. The van der Waals surface area contributed by atoms with E-state index in [1.807, 2.05) is 43.3 Å². The molecule has 0 aliphatic carbocycles. The van der Waals surface area contributed by atoms with E-state index in [9.17, 15) is 9.59 Å². The van der Waals surface area contributed by atoms with Crippen molar-refractivity contribution in [2.75, 3.05) is 32.7 Å². The van der Waals surface area contributed by atoms with Crippen LogP contribution in [0.5, 0.6) is 11.5 Å². The molecule has 0 N–H and O–H groups in total. The third-order valence-electron chi connectivity index (χ3n) is 3.93. The maximum Gasteiger partial charge on any atom is 0.343 e. The Hall–Kier alpha value is -3.28. The van der Waals surface area contributed by atoms with Gasteiger partial charge in [-0.25, -0.2) is 4.79 Å². The van der Waals surface area contributed by atoms with Crippen molar-refractivity contribution in [2.45, 2.75) is 0 Å². The Balaban J connectivity index is 1.77. The van der Waals surface area contributed by atoms with Crippen molar-refractivity contribution in [1.29, 1.82) is 0 Å². The van der Waals surface area contributed by atoms with Crippen LogP contribution in [-0.2, 0) is 9.53 Å². The summed E-state index contributed by atoms with van der Waals surface area (Å²) in [5.41, 5.74) is 2.40. The van der Waals surface area contributed by atoms with Crippen LogP contribution >= 0.6 is 0 Å². The number of esters is 1. The van der Waals surface area contributed by atoms with Gasteiger partial charge in [0, 0.05) is 25.8 Å². The van der Waals surface area contributed by atoms with Gasteiger partial charge in [-0.2, -0.15) is 0 Å². The summed E-state index contributed by atoms with van der Waals surface area (Å²) in [7, 11) is 5.22. The van der Waals surface area contributed by atoms with Crippen molar-refractivity contribution in [1.82, 2.24) is 0 Å². The summed E-state index contributed by atoms with van der Waals surface area (Å²) in [4.78, 5) is 25.6. The summed E-state index contributed by atoms with van der Waals surface area (Å²) in [5, 5.41) is 0. The van der Waals surface area contributed by atoms with Crippen LogP contribution in [0.1, 0.15) is 15.9 Å². The first-order valence-corrected chi connectivity index (χ1v) is 8.03. The highest BCUT2D eigenvalue weighted by atomic mass is 16.6. The van der Waals surface area contributed by atoms with Gasteiger partial charge in [0.1, 0.15) is 11.5 Å². The summed E-state index contributed by atoms with van der Waals surface area (Å²) in [6, 6.07) is 12.6. The van der Waals surface area contributed by atoms with Crippen molar-refractivity contribution >= 4 is 23.5 Å². The normalized spacial score (nSPS) is 14.0. The number of nitrogens with zero attached hydrogens (tertiary/aromatic N) is 1. The molecule has 1 heterocycles. The molecule has 3 rings (SSSR count). The molecule has 1 aliphatic heterocycles. The van der Waals surface area contributed by atoms with Gasteiger partial charge in [0.05, 0.1) is 12.7 Å². The van der Waals surface area contributed by atoms with Gasteiger partial charge in [0.2, 0.25) is 5.78 Å². The Labute approximate surface area is 151 Å². The number of methoxy groups -OCH3 is 1. The zero-order valence-corrected chi connectivity index (χ0v) is 14.8. The van der Waals surface area contributed by atoms with Crippen molar-refractivity contribution in [3.05, 3.63) is 59.4 Å². The molecule has 6 nitrogen and oxygen atoms in total. The third-order valence-corrected chi connectivity index (χ3v) is 3.93. The minimum Gasteiger partial charge on any atom is -0.482 e. The smallest absolute Gasteiger partial charge is 0.343 e. The zero-order chi connectivity index (χ0) is 18.7. The third kappa shape index (κ3) is 3.69. The van der Waals surface area contributed by atoms with Gasteiger partial charge in [0.15, 0.2) is 12.4 Å². The first-order chi connectivity index (χ1) is 12.5. The minimum absolute atomic E-state index is 0.184. The highest BCUT2D eigenvalue weighted by Gasteiger charge is 2.27. The van der Waals surface area contributed by atoms with Gasteiger partial charge in [-0.3, -0.25) is 4.79 Å². The summed E-state index contributed by atoms with van der Waals surface area (Å²) in [5.74, 6) is 0.426. The van der Waals surface area contributed by atoms with Gasteiger partial charge in [-0.15, -0.1) is 0 Å². The number of fused-ring (bicyclic) bond motifs is 1. The number of hydrogen-bond acceptors (Lipinski definition) is 6. The van der Waals surface area contributed by atoms with Crippen molar-refractivity contribution in [3.8, 4) is 11.5 Å². The molecule has 2 aromatic carbocycles. The van der Waals surface area contributed by atoms with Crippen LogP contribution in [0, 0.1) is 0 Å². The van der Waals surface area contributed by atoms with E-state index in [4.69, 9.17) is 9.47 Å². The number of ketones is 1. The highest BCUT2D eigenvalue weighted by Crippen LogP contribution is 2.35. The molecule has 0 atom stereocenters. The molecule has 0 saturated carbocycles. The van der Waals surface area contributed by atoms with Crippen LogP contribution < -0.4 is 14.4 Å². The molecule has 0 bridgehead atoms. The number of carbonyl (C=O) groups excluding carboxylic acids is 2. The van der Waals surface area contributed by atoms with Crippen LogP contribution in [0.2, 0.25) is 0 Å². The predicted octanol–water partition coefficient (Wildman–Crippen LogP) is 2.92. The Kier molecular flexibility index (Phi) is 4.93. The fourth-order valence-electron chi connectivity index (χ4n) is 2.48. The van der Waals surface area contributed by atoms with Crippen molar-refractivity contribution in [2.24, 2.45) is 0 Å². The van der Waals surface area contributed by atoms with Crippen LogP contribution in [0.15, 0.2) is 48.2 Å². The molecule has 26 heavy (non-hydrogen) atoms. The standard InChI is InChI=1S/C20H19NO5/c1-21(2)14-6-4-13(5-7-14)10-18-20(23)16-9-8-15(11-17(16)26-18)25-12-19(22)24-3/h4-11H,12H2,1-3H3/b18-10-. The molecule has 0 saturated heterocycles. The number of anilines is 1. The topological polar surface area (TPSA) is 65.1 Å². The summed E-state index contributed by atoms with van der Waals surface area (Å²) < 4.78 is 15.5. The van der Waals surface area contributed by atoms with Crippen molar-refractivity contribution in [3.63, 3.8) is 0 Å². The maximum absolute atomic E-state index is 12.5. The average Bonchev–Trinajstić information content (AvgIpc) is 2.95. The Morgan fingerprint density at radius 1 is 1.15 bits per heavy atom. The summed E-state index contributed by atoms with van der Waals surface area (Å²) in [6.07, 6.45) is 1.71. The lowest BCUT2D eigenvalue weighted by Crippen LogP contribution is -2.12. The summed E-state index contributed by atoms with van der Waals surface area (Å²) in [6.45, 7) is -0.204. The SMILES string of the molecule is COC(=O)COc1ccc2c(c1)O/C(=C\c1ccc(N(C)C)cc1)C2=O. The van der Waals surface area contributed by atoms with E-state index in [0.717, 1.165) is 11.3 Å². The van der Waals surface area contributed by atoms with Crippen LogP contribution in [-0.4, -0.2) is 39.6 Å². The molecule has 0 fully saturated rings. The molecule has 0 aromatic heterocycles. The van der Waals surface area contributed by atoms with E-state index in [0.29, 0.717) is 17.1 Å². The Morgan fingerprint density at radius 3 is 2.54 bits per heavy atom.